The van der Waals surface area contributed by atoms with Crippen LogP contribution in [-0.4, -0.2) is 168 Å². The van der Waals surface area contributed by atoms with Crippen LogP contribution in [0.5, 0.6) is 5.75 Å². The third kappa shape index (κ3) is 11.5. The summed E-state index contributed by atoms with van der Waals surface area (Å²) in [6.45, 7) is 13.1. The zero-order chi connectivity index (χ0) is 40.6. The van der Waals surface area contributed by atoms with Crippen molar-refractivity contribution >= 4 is 29.7 Å². The van der Waals surface area contributed by atoms with Gasteiger partial charge in [-0.15, -0.1) is 0 Å². The Bertz CT molecular complexity index is 1720. The van der Waals surface area contributed by atoms with Crippen LogP contribution in [0.4, 0.5) is 15.3 Å². The van der Waals surface area contributed by atoms with Crippen LogP contribution in [0, 0.1) is 13.8 Å². The van der Waals surface area contributed by atoms with Gasteiger partial charge in [0.2, 0.25) is 0 Å². The lowest BCUT2D eigenvalue weighted by atomic mass is 10.00. The van der Waals surface area contributed by atoms with E-state index in [-0.39, 0.29) is 43.5 Å². The topological polar surface area (TPSA) is 138 Å². The number of para-hydroxylation sites is 1. The van der Waals surface area contributed by atoms with Crippen LogP contribution in [-0.2, 0) is 31.9 Å². The number of hydrogen-bond donors (Lipinski definition) is 2. The first-order valence-electron chi connectivity index (χ1n) is 21.6. The Labute approximate surface area is 350 Å². The first-order chi connectivity index (χ1) is 28.1. The summed E-state index contributed by atoms with van der Waals surface area (Å²) in [5, 5.41) is 13.5. The molecule has 14 nitrogen and oxygen atoms in total. The highest BCUT2D eigenvalue weighted by Gasteiger charge is 2.37. The summed E-state index contributed by atoms with van der Waals surface area (Å²) in [4.78, 5) is 66.1. The average molecular weight is 818 g/mol. The van der Waals surface area contributed by atoms with E-state index in [0.717, 1.165) is 81.9 Å². The van der Waals surface area contributed by atoms with E-state index in [1.165, 1.54) is 19.3 Å². The highest BCUT2D eigenvalue weighted by molar-refractivity contribution is 5.91. The molecule has 2 N–H and O–H groups in total. The van der Waals surface area contributed by atoms with Crippen LogP contribution < -0.4 is 5.32 Å². The number of nitrogens with one attached hydrogen (secondary N) is 1. The summed E-state index contributed by atoms with van der Waals surface area (Å²) in [6, 6.07) is 11.9. The normalized spacial score (nSPS) is 20.8. The number of esters is 1. The zero-order valence-corrected chi connectivity index (χ0v) is 34.5. The van der Waals surface area contributed by atoms with Gasteiger partial charge in [0.25, 0.3) is 5.91 Å². The number of likely N-dealkylation sites (tertiary alicyclic amines) is 3. The molecular weight excluding hydrogens is 751 g/mol. The third-order valence-electron chi connectivity index (χ3n) is 13.0. The van der Waals surface area contributed by atoms with Crippen molar-refractivity contribution in [1.29, 1.82) is 0 Å². The Morgan fingerprint density at radius 2 is 1.46 bits per heavy atom. The average Bonchev–Trinajstić information content (AvgIpc) is 3.41. The molecule has 5 aliphatic heterocycles. The number of fused-ring (bicyclic) bond motifs is 1. The summed E-state index contributed by atoms with van der Waals surface area (Å²) >= 11 is 0. The number of carbonyl (C=O) groups excluding carboxylic acids is 4. The van der Waals surface area contributed by atoms with E-state index in [0.29, 0.717) is 75.9 Å². The Kier molecular flexibility index (Phi) is 15.5. The van der Waals surface area contributed by atoms with Gasteiger partial charge >= 0.3 is 18.1 Å². The van der Waals surface area contributed by atoms with Crippen molar-refractivity contribution in [2.24, 2.45) is 0 Å². The number of piperazine rings is 1. The lowest BCUT2D eigenvalue weighted by Gasteiger charge is -2.43. The van der Waals surface area contributed by atoms with Gasteiger partial charge in [-0.1, -0.05) is 44.2 Å². The molecule has 5 aliphatic rings. The number of rotatable bonds is 11. The number of amides is 4. The van der Waals surface area contributed by atoms with Crippen molar-refractivity contribution < 1.29 is 33.8 Å². The molecule has 4 amide bonds. The smallest absolute Gasteiger partial charge is 0.410 e. The molecule has 0 aromatic heterocycles. The summed E-state index contributed by atoms with van der Waals surface area (Å²) < 4.78 is 11.7. The molecule has 5 heterocycles. The predicted molar refractivity (Wildman–Crippen MR) is 228 cm³/mol. The quantitative estimate of drug-likeness (QED) is 0.302. The number of benzene rings is 2. The van der Waals surface area contributed by atoms with Crippen LogP contribution in [0.3, 0.4) is 0 Å². The van der Waals surface area contributed by atoms with Gasteiger partial charge in [-0.25, -0.2) is 9.59 Å². The number of ether oxygens (including phenoxy) is 2. The van der Waals surface area contributed by atoms with Crippen LogP contribution in [0.15, 0.2) is 36.4 Å². The number of hydrogen-bond acceptors (Lipinski definition) is 10. The van der Waals surface area contributed by atoms with E-state index >= 15 is 0 Å². The SMILES string of the molecule is C.Cc1cc(C[C@@H](OC(=O)N2CCC(N3CCc4ccccc4NC3=O)CC2)C(=O)N2CCN(C3CCN(CC(=O)OCCN4CCCCC4)CC3)CC2)cc(C)c1O. The molecule has 2 aromatic carbocycles. The first kappa shape index (κ1) is 44.2. The molecule has 2 aromatic rings. The molecule has 0 radical (unpaired) electrons. The Morgan fingerprint density at radius 1 is 0.797 bits per heavy atom. The number of phenols is 1. The molecule has 324 valence electrons. The second-order valence-corrected chi connectivity index (χ2v) is 16.9. The minimum atomic E-state index is -1.02. The molecular formula is C45H67N7O7. The number of carbonyl (C=O) groups is 4. The maximum absolute atomic E-state index is 14.2. The molecule has 0 saturated carbocycles. The number of aryl methyl sites for hydroxylation is 2. The van der Waals surface area contributed by atoms with Crippen LogP contribution in [0.2, 0.25) is 0 Å². The lowest BCUT2D eigenvalue weighted by molar-refractivity contribution is -0.145. The maximum Gasteiger partial charge on any atom is 0.410 e. The molecule has 59 heavy (non-hydrogen) atoms. The molecule has 0 spiro atoms. The summed E-state index contributed by atoms with van der Waals surface area (Å²) in [7, 11) is 0. The van der Waals surface area contributed by atoms with Crippen molar-refractivity contribution in [2.45, 2.75) is 97.2 Å². The minimum absolute atomic E-state index is 0. The lowest BCUT2D eigenvalue weighted by Crippen LogP contribution is -2.57. The summed E-state index contributed by atoms with van der Waals surface area (Å²) in [5.41, 5.74) is 4.20. The number of piperidine rings is 3. The standard InChI is InChI=1S/C44H63N7O7.CH4/c1-32-28-34(29-33(2)41(32)53)30-39(58-44(56)50-19-13-37(14-20-50)51-21-10-35-8-4-5-9-38(35)45-43(51)55)42(54)49-24-22-48(23-25-49)36-11-17-47(18-12-36)31-40(52)57-27-26-46-15-6-3-7-16-46;/h4-5,8-9,28-29,36-37,39,53H,3,6-7,10-27,30-31H2,1-2H3,(H,45,55);1H4/t39-;/m1./s1. The van der Waals surface area contributed by atoms with E-state index in [1.54, 1.807) is 4.90 Å². The van der Waals surface area contributed by atoms with Gasteiger partial charge in [0.1, 0.15) is 12.4 Å². The number of phenolic OH excluding ortho intramolecular Hbond substituents is 1. The van der Waals surface area contributed by atoms with E-state index in [9.17, 15) is 24.3 Å². The second kappa shape index (κ2) is 20.7. The Hall–Kier alpha value is -4.40. The highest BCUT2D eigenvalue weighted by atomic mass is 16.6. The van der Waals surface area contributed by atoms with Gasteiger partial charge < -0.3 is 34.6 Å². The number of nitrogens with zero attached hydrogens (tertiary/aromatic N) is 6. The largest absolute Gasteiger partial charge is 0.507 e. The zero-order valence-electron chi connectivity index (χ0n) is 34.5. The van der Waals surface area contributed by atoms with Gasteiger partial charge in [-0.2, -0.15) is 0 Å². The summed E-state index contributed by atoms with van der Waals surface area (Å²) in [5.74, 6) is -0.132. The number of urea groups is 1. The molecule has 4 saturated heterocycles. The number of anilines is 1. The van der Waals surface area contributed by atoms with Gasteiger partial charge in [0.05, 0.1) is 6.54 Å². The van der Waals surface area contributed by atoms with E-state index in [1.807, 2.05) is 60.0 Å². The van der Waals surface area contributed by atoms with Gasteiger partial charge in [0.15, 0.2) is 6.10 Å². The molecule has 0 unspecified atom stereocenters. The Balaban J connectivity index is 0.00000585. The molecule has 4 fully saturated rings. The van der Waals surface area contributed by atoms with Crippen molar-refractivity contribution in [3.63, 3.8) is 0 Å². The van der Waals surface area contributed by atoms with Crippen molar-refractivity contribution in [3.8, 4) is 5.75 Å². The van der Waals surface area contributed by atoms with Crippen LogP contribution in [0.1, 0.15) is 74.6 Å². The summed E-state index contributed by atoms with van der Waals surface area (Å²) in [6.07, 6.45) is 6.35. The molecule has 7 rings (SSSR count). The molecule has 0 aliphatic carbocycles. The fraction of sp³-hybridized carbons (Fsp3) is 0.644. The van der Waals surface area contributed by atoms with E-state index in [4.69, 9.17) is 9.47 Å². The third-order valence-corrected chi connectivity index (χ3v) is 13.0. The van der Waals surface area contributed by atoms with Crippen molar-refractivity contribution in [3.05, 3.63) is 58.7 Å². The fourth-order valence-corrected chi connectivity index (χ4v) is 9.50. The first-order valence-corrected chi connectivity index (χ1v) is 21.6. The monoisotopic (exact) mass is 818 g/mol. The highest BCUT2D eigenvalue weighted by Crippen LogP contribution is 2.27. The molecule has 14 heteroatoms. The van der Waals surface area contributed by atoms with Gasteiger partial charge in [-0.3, -0.25) is 24.3 Å². The van der Waals surface area contributed by atoms with E-state index < -0.39 is 12.2 Å². The second-order valence-electron chi connectivity index (χ2n) is 16.9. The van der Waals surface area contributed by atoms with Crippen molar-refractivity contribution in [1.82, 2.24) is 29.4 Å². The fourth-order valence-electron chi connectivity index (χ4n) is 9.50. The van der Waals surface area contributed by atoms with E-state index in [2.05, 4.69) is 20.0 Å². The van der Waals surface area contributed by atoms with Crippen molar-refractivity contribution in [2.75, 3.05) is 97.0 Å². The van der Waals surface area contributed by atoms with Crippen LogP contribution in [0.25, 0.3) is 0 Å². The number of aromatic hydroxyl groups is 1. The maximum atomic E-state index is 14.2. The van der Waals surface area contributed by atoms with Gasteiger partial charge in [0, 0.05) is 89.6 Å². The predicted octanol–water partition coefficient (Wildman–Crippen LogP) is 4.89. The minimum Gasteiger partial charge on any atom is -0.507 e. The molecule has 1 atom stereocenters. The van der Waals surface area contributed by atoms with Crippen LogP contribution >= 0.6 is 0 Å². The molecule has 0 bridgehead atoms. The van der Waals surface area contributed by atoms with Gasteiger partial charge in [-0.05, 0) is 100 Å². The Morgan fingerprint density at radius 3 is 2.15 bits per heavy atom.